The average Bonchev–Trinajstić information content (AvgIpc) is 2.99. The minimum Gasteiger partial charge on any atom is -0.480 e. The van der Waals surface area contributed by atoms with Gasteiger partial charge in [0, 0.05) is 23.5 Å². The number of hydrogen-bond acceptors (Lipinski definition) is 3. The van der Waals surface area contributed by atoms with E-state index in [9.17, 15) is 9.59 Å². The molecule has 1 atom stereocenters. The highest BCUT2D eigenvalue weighted by Crippen LogP contribution is 2.18. The third kappa shape index (κ3) is 4.82. The molecule has 130 valence electrons. The number of H-pyrrole nitrogens is 1. The van der Waals surface area contributed by atoms with E-state index in [4.69, 9.17) is 27.5 Å². The molecule has 25 heavy (non-hydrogen) atoms. The zero-order chi connectivity index (χ0) is 18.4. The van der Waals surface area contributed by atoms with Crippen molar-refractivity contribution >= 4 is 34.4 Å². The van der Waals surface area contributed by atoms with E-state index in [1.54, 1.807) is 18.2 Å². The quantitative estimate of drug-likeness (QED) is 0.570. The first-order chi connectivity index (χ1) is 11.9. The molecule has 0 fully saturated rings. The maximum atomic E-state index is 10.6. The minimum atomic E-state index is -0.995. The van der Waals surface area contributed by atoms with E-state index < -0.39 is 18.0 Å². The lowest BCUT2D eigenvalue weighted by molar-refractivity contribution is -0.138. The number of carboxylic acids is 2. The van der Waals surface area contributed by atoms with E-state index >= 15 is 0 Å². The lowest BCUT2D eigenvalue weighted by atomic mass is 10.1. The molecule has 1 heterocycles. The van der Waals surface area contributed by atoms with Gasteiger partial charge in [0.15, 0.2) is 0 Å². The summed E-state index contributed by atoms with van der Waals surface area (Å²) in [7, 11) is 0. The highest BCUT2D eigenvalue weighted by Gasteiger charge is 2.14. The summed E-state index contributed by atoms with van der Waals surface area (Å²) >= 11 is 5.54. The Kier molecular flexibility index (Phi) is 6.16. The summed E-state index contributed by atoms with van der Waals surface area (Å²) in [6.07, 6.45) is 2.16. The molecule has 0 spiro atoms. The van der Waals surface area contributed by atoms with Crippen LogP contribution in [0.3, 0.4) is 0 Å². The second-order valence-corrected chi connectivity index (χ2v) is 5.70. The van der Waals surface area contributed by atoms with Crippen molar-refractivity contribution in [1.82, 2.24) is 4.98 Å². The minimum absolute atomic E-state index is 0.143. The predicted octanol–water partition coefficient (Wildman–Crippen LogP) is 3.16. The molecule has 2 aromatic carbocycles. The summed E-state index contributed by atoms with van der Waals surface area (Å²) in [5.74, 6) is -1.97. The molecule has 1 unspecified atom stereocenters. The predicted molar refractivity (Wildman–Crippen MR) is 96.0 cm³/mol. The van der Waals surface area contributed by atoms with Crippen LogP contribution in [0.1, 0.15) is 15.9 Å². The molecule has 6 nitrogen and oxygen atoms in total. The van der Waals surface area contributed by atoms with Crippen LogP contribution in [0, 0.1) is 0 Å². The van der Waals surface area contributed by atoms with Gasteiger partial charge in [0.2, 0.25) is 0 Å². The largest absolute Gasteiger partial charge is 0.480 e. The number of aliphatic carboxylic acids is 1. The number of nitrogens with two attached hydrogens (primary N) is 1. The number of fused-ring (bicyclic) bond motifs is 1. The molecule has 0 bridgehead atoms. The van der Waals surface area contributed by atoms with Crippen LogP contribution in [0.5, 0.6) is 0 Å². The maximum Gasteiger partial charge on any atom is 0.337 e. The van der Waals surface area contributed by atoms with E-state index in [-0.39, 0.29) is 10.6 Å². The van der Waals surface area contributed by atoms with Gasteiger partial charge in [-0.25, -0.2) is 4.79 Å². The fraction of sp³-hybridized carbons (Fsp3) is 0.111. The van der Waals surface area contributed by atoms with Gasteiger partial charge in [-0.05, 0) is 23.8 Å². The topological polar surface area (TPSA) is 116 Å². The Hall–Kier alpha value is -2.83. The Bertz CT molecular complexity index is 891. The Morgan fingerprint density at radius 2 is 1.72 bits per heavy atom. The third-order valence-corrected chi connectivity index (χ3v) is 3.87. The first-order valence-electron chi connectivity index (χ1n) is 7.41. The number of rotatable bonds is 4. The zero-order valence-corrected chi connectivity index (χ0v) is 13.9. The standard InChI is InChI=1S/C11H12N2O2.C7H5ClO2/c12-9(11(14)15)5-7-6-13-10-4-2-1-3-8(7)10;8-6-4-2-1-3-5(6)7(9)10/h1-4,6,9,13H,5,12H2,(H,14,15);1-4H,(H,9,10). The van der Waals surface area contributed by atoms with E-state index in [0.29, 0.717) is 6.42 Å². The van der Waals surface area contributed by atoms with Gasteiger partial charge in [-0.2, -0.15) is 0 Å². The van der Waals surface area contributed by atoms with Crippen LogP contribution < -0.4 is 5.73 Å². The molecule has 0 saturated carbocycles. The summed E-state index contributed by atoms with van der Waals surface area (Å²) < 4.78 is 0. The molecule has 0 aliphatic carbocycles. The highest BCUT2D eigenvalue weighted by molar-refractivity contribution is 6.33. The van der Waals surface area contributed by atoms with Crippen LogP contribution in [0.2, 0.25) is 5.02 Å². The van der Waals surface area contributed by atoms with Crippen molar-refractivity contribution in [2.45, 2.75) is 12.5 Å². The SMILES string of the molecule is NC(Cc1c[nH]c2ccccc12)C(=O)O.O=C(O)c1ccccc1Cl. The fourth-order valence-electron chi connectivity index (χ4n) is 2.26. The second-order valence-electron chi connectivity index (χ2n) is 5.29. The van der Waals surface area contributed by atoms with Crippen molar-refractivity contribution in [3.05, 3.63) is 70.9 Å². The van der Waals surface area contributed by atoms with Crippen LogP contribution in [-0.4, -0.2) is 33.2 Å². The third-order valence-electron chi connectivity index (χ3n) is 3.54. The second kappa shape index (κ2) is 8.32. The van der Waals surface area contributed by atoms with Crippen molar-refractivity contribution < 1.29 is 19.8 Å². The van der Waals surface area contributed by atoms with Gasteiger partial charge in [-0.1, -0.05) is 41.9 Å². The fourth-order valence-corrected chi connectivity index (χ4v) is 2.48. The Labute approximate surface area is 148 Å². The lowest BCUT2D eigenvalue weighted by Gasteiger charge is -2.04. The monoisotopic (exact) mass is 360 g/mol. The lowest BCUT2D eigenvalue weighted by Crippen LogP contribution is -2.32. The van der Waals surface area contributed by atoms with E-state index in [2.05, 4.69) is 4.98 Å². The summed E-state index contributed by atoms with van der Waals surface area (Å²) in [5, 5.41) is 18.5. The molecule has 0 radical (unpaired) electrons. The molecular formula is C18H17ClN2O4. The normalized spacial score (nSPS) is 11.4. The molecule has 7 heteroatoms. The van der Waals surface area contributed by atoms with Crippen LogP contribution >= 0.6 is 11.6 Å². The molecule has 0 amide bonds. The van der Waals surface area contributed by atoms with Crippen molar-refractivity contribution in [3.63, 3.8) is 0 Å². The first kappa shape index (κ1) is 18.5. The average molecular weight is 361 g/mol. The molecular weight excluding hydrogens is 344 g/mol. The van der Waals surface area contributed by atoms with Gasteiger partial charge in [-0.15, -0.1) is 0 Å². The maximum absolute atomic E-state index is 10.6. The number of aromatic nitrogens is 1. The Morgan fingerprint density at radius 3 is 2.32 bits per heavy atom. The molecule has 5 N–H and O–H groups in total. The van der Waals surface area contributed by atoms with Crippen LogP contribution in [0.25, 0.3) is 10.9 Å². The van der Waals surface area contributed by atoms with Gasteiger partial charge >= 0.3 is 11.9 Å². The van der Waals surface area contributed by atoms with E-state index in [1.807, 2.05) is 30.5 Å². The van der Waals surface area contributed by atoms with Gasteiger partial charge in [-0.3, -0.25) is 4.79 Å². The van der Waals surface area contributed by atoms with Crippen LogP contribution in [0.4, 0.5) is 0 Å². The summed E-state index contributed by atoms with van der Waals surface area (Å²) in [6.45, 7) is 0. The van der Waals surface area contributed by atoms with E-state index in [0.717, 1.165) is 16.5 Å². The van der Waals surface area contributed by atoms with Gasteiger partial charge in [0.05, 0.1) is 10.6 Å². The zero-order valence-electron chi connectivity index (χ0n) is 13.1. The van der Waals surface area contributed by atoms with Crippen LogP contribution in [-0.2, 0) is 11.2 Å². The molecule has 0 aliphatic rings. The first-order valence-corrected chi connectivity index (χ1v) is 7.79. The van der Waals surface area contributed by atoms with Crippen molar-refractivity contribution in [1.29, 1.82) is 0 Å². The van der Waals surface area contributed by atoms with Crippen molar-refractivity contribution in [2.75, 3.05) is 0 Å². The number of carbonyl (C=O) groups is 2. The Balaban J connectivity index is 0.000000196. The number of aromatic amines is 1. The molecule has 0 aliphatic heterocycles. The summed E-state index contributed by atoms with van der Waals surface area (Å²) in [4.78, 5) is 24.0. The van der Waals surface area contributed by atoms with Crippen molar-refractivity contribution in [3.8, 4) is 0 Å². The summed E-state index contributed by atoms with van der Waals surface area (Å²) in [6, 6.07) is 13.2. The number of benzene rings is 2. The molecule has 1 aromatic heterocycles. The smallest absolute Gasteiger partial charge is 0.337 e. The number of nitrogens with one attached hydrogen (secondary N) is 1. The Morgan fingerprint density at radius 1 is 1.08 bits per heavy atom. The summed E-state index contributed by atoms with van der Waals surface area (Å²) in [5.41, 5.74) is 7.58. The number of halogens is 1. The number of hydrogen-bond donors (Lipinski definition) is 4. The molecule has 3 rings (SSSR count). The number of carboxylic acid groups (broad SMARTS) is 2. The van der Waals surface area contributed by atoms with Gasteiger partial charge in [0.25, 0.3) is 0 Å². The van der Waals surface area contributed by atoms with Crippen molar-refractivity contribution in [2.24, 2.45) is 5.73 Å². The molecule has 0 saturated heterocycles. The number of aromatic carboxylic acids is 1. The number of para-hydroxylation sites is 1. The van der Waals surface area contributed by atoms with Crippen LogP contribution in [0.15, 0.2) is 54.7 Å². The molecule has 3 aromatic rings. The van der Waals surface area contributed by atoms with Gasteiger partial charge in [0.1, 0.15) is 6.04 Å². The highest BCUT2D eigenvalue weighted by atomic mass is 35.5. The van der Waals surface area contributed by atoms with Gasteiger partial charge < -0.3 is 20.9 Å². The van der Waals surface area contributed by atoms with E-state index in [1.165, 1.54) is 6.07 Å².